The van der Waals surface area contributed by atoms with Crippen LogP contribution in [0.5, 0.6) is 5.75 Å². The Morgan fingerprint density at radius 1 is 1.08 bits per heavy atom. The number of nitrogens with one attached hydrogen (secondary N) is 1. The quantitative estimate of drug-likeness (QED) is 0.179. The van der Waals surface area contributed by atoms with Crippen LogP contribution in [-0.4, -0.2) is 86.0 Å². The maximum absolute atomic E-state index is 14.6. The number of thiophene rings is 1. The standard InChI is InChI=1S/C34H43N3O10S2/c1-21(2)20-47-33(41)35-25-18-28(48-30(25)31(38)39)24-17-29-26(19-27(24)46-16-15-45-4)37(23-13-9-6-10-14-23)32(40)34(42,36(3)49(29,43)44)22-11-7-5-8-12-22/h6,9-10,13-14,17-19,21-22,32,40,42H,5,7-8,11-12,15-16,20H2,1-4H3,(H,35,41)(H,38,39)/t32?,34-/m1/s1. The number of aromatic carboxylic acids is 1. The van der Waals surface area contributed by atoms with Gasteiger partial charge in [-0.1, -0.05) is 51.3 Å². The van der Waals surface area contributed by atoms with Crippen molar-refractivity contribution < 1.29 is 47.5 Å². The molecule has 3 aromatic rings. The maximum atomic E-state index is 14.6. The van der Waals surface area contributed by atoms with E-state index in [9.17, 15) is 33.3 Å². The van der Waals surface area contributed by atoms with E-state index in [4.69, 9.17) is 14.2 Å². The molecule has 1 aromatic heterocycles. The van der Waals surface area contributed by atoms with E-state index < -0.39 is 40.0 Å². The number of anilines is 3. The molecule has 49 heavy (non-hydrogen) atoms. The number of nitrogens with zero attached hydrogens (tertiary/aromatic N) is 2. The number of amides is 1. The molecule has 1 saturated carbocycles. The zero-order valence-electron chi connectivity index (χ0n) is 27.9. The summed E-state index contributed by atoms with van der Waals surface area (Å²) in [6.45, 7) is 4.08. The second kappa shape index (κ2) is 15.0. The average molecular weight is 718 g/mol. The highest BCUT2D eigenvalue weighted by Gasteiger charge is 2.57. The summed E-state index contributed by atoms with van der Waals surface area (Å²) in [5.74, 6) is -1.65. The number of carboxylic acid groups (broad SMARTS) is 1. The molecule has 0 radical (unpaired) electrons. The van der Waals surface area contributed by atoms with Gasteiger partial charge in [-0.15, -0.1) is 11.3 Å². The Morgan fingerprint density at radius 3 is 2.41 bits per heavy atom. The van der Waals surface area contributed by atoms with Crippen LogP contribution in [0.2, 0.25) is 0 Å². The Morgan fingerprint density at radius 2 is 1.78 bits per heavy atom. The van der Waals surface area contributed by atoms with Crippen LogP contribution >= 0.6 is 11.3 Å². The SMILES string of the molecule is COCCOc1cc2c(cc1-c1cc(NC(=O)OCC(C)C)c(C(=O)O)s1)S(=O)(=O)N(C)[C@@](O)(C1CCCCC1)C(O)N2c1ccccc1. The van der Waals surface area contributed by atoms with Gasteiger partial charge in [0.2, 0.25) is 10.0 Å². The minimum Gasteiger partial charge on any atom is -0.490 e. The van der Waals surface area contributed by atoms with Crippen LogP contribution in [0.3, 0.4) is 0 Å². The van der Waals surface area contributed by atoms with Gasteiger partial charge in [-0.25, -0.2) is 18.0 Å². The second-order valence-electron chi connectivity index (χ2n) is 12.6. The highest BCUT2D eigenvalue weighted by molar-refractivity contribution is 7.89. The van der Waals surface area contributed by atoms with Crippen LogP contribution in [-0.2, 0) is 19.5 Å². The molecule has 0 saturated heterocycles. The first-order chi connectivity index (χ1) is 23.3. The number of hydrogen-bond acceptors (Lipinski definition) is 11. The highest BCUT2D eigenvalue weighted by Crippen LogP contribution is 2.51. The molecule has 1 unspecified atom stereocenters. The molecular formula is C34H43N3O10S2. The summed E-state index contributed by atoms with van der Waals surface area (Å²) >= 11 is 0.816. The van der Waals surface area contributed by atoms with Gasteiger partial charge in [0.15, 0.2) is 12.0 Å². The van der Waals surface area contributed by atoms with Crippen LogP contribution in [0, 0.1) is 11.8 Å². The van der Waals surface area contributed by atoms with Crippen molar-refractivity contribution in [3.05, 3.63) is 53.4 Å². The van der Waals surface area contributed by atoms with Gasteiger partial charge in [0.1, 0.15) is 22.1 Å². The largest absolute Gasteiger partial charge is 0.490 e. The zero-order valence-corrected chi connectivity index (χ0v) is 29.6. The third-order valence-corrected chi connectivity index (χ3v) is 11.9. The van der Waals surface area contributed by atoms with Gasteiger partial charge in [-0.3, -0.25) is 5.32 Å². The van der Waals surface area contributed by atoms with Crippen LogP contribution in [0.25, 0.3) is 10.4 Å². The van der Waals surface area contributed by atoms with Crippen LogP contribution in [0.15, 0.2) is 53.4 Å². The van der Waals surface area contributed by atoms with Crippen molar-refractivity contribution in [3.8, 4) is 16.2 Å². The van der Waals surface area contributed by atoms with E-state index in [-0.39, 0.29) is 63.1 Å². The lowest BCUT2D eigenvalue weighted by Crippen LogP contribution is -2.64. The predicted octanol–water partition coefficient (Wildman–Crippen LogP) is 5.70. The summed E-state index contributed by atoms with van der Waals surface area (Å²) in [5.41, 5.74) is -1.54. The van der Waals surface area contributed by atoms with E-state index >= 15 is 0 Å². The smallest absolute Gasteiger partial charge is 0.411 e. The number of rotatable bonds is 11. The summed E-state index contributed by atoms with van der Waals surface area (Å²) in [5, 5.41) is 37.1. The molecule has 2 aromatic carbocycles. The summed E-state index contributed by atoms with van der Waals surface area (Å²) in [6, 6.07) is 12.9. The van der Waals surface area contributed by atoms with E-state index in [0.717, 1.165) is 34.9 Å². The van der Waals surface area contributed by atoms with Crippen molar-refractivity contribution in [1.29, 1.82) is 0 Å². The van der Waals surface area contributed by atoms with Crippen LogP contribution in [0.1, 0.15) is 55.6 Å². The molecule has 2 atom stereocenters. The van der Waals surface area contributed by atoms with Crippen molar-refractivity contribution >= 4 is 50.5 Å². The molecule has 0 spiro atoms. The van der Waals surface area contributed by atoms with Gasteiger partial charge in [0.05, 0.1) is 24.6 Å². The van der Waals surface area contributed by atoms with Crippen LogP contribution < -0.4 is 15.0 Å². The normalized spacial score (nSPS) is 21.2. The minimum absolute atomic E-state index is 0.0352. The molecule has 0 bridgehead atoms. The van der Waals surface area contributed by atoms with E-state index in [1.165, 1.54) is 37.3 Å². The molecule has 2 heterocycles. The van der Waals surface area contributed by atoms with Gasteiger partial charge in [-0.05, 0) is 43.0 Å². The molecule has 15 heteroatoms. The number of carboxylic acids is 1. The fourth-order valence-corrected chi connectivity index (χ4v) is 8.93. The summed E-state index contributed by atoms with van der Waals surface area (Å²) < 4.78 is 46.6. The van der Waals surface area contributed by atoms with Gasteiger partial charge in [-0.2, -0.15) is 4.31 Å². The fourth-order valence-electron chi connectivity index (χ4n) is 6.34. The minimum atomic E-state index is -4.51. The van der Waals surface area contributed by atoms with Crippen LogP contribution in [0.4, 0.5) is 21.9 Å². The molecule has 1 aliphatic heterocycles. The number of aliphatic hydroxyl groups is 2. The number of aliphatic hydroxyl groups excluding tert-OH is 1. The molecule has 1 fully saturated rings. The van der Waals surface area contributed by atoms with Crippen molar-refractivity contribution in [1.82, 2.24) is 4.31 Å². The van der Waals surface area contributed by atoms with Gasteiger partial charge < -0.3 is 34.4 Å². The molecular weight excluding hydrogens is 675 g/mol. The Kier molecular flexibility index (Phi) is 11.2. The number of hydrogen-bond donors (Lipinski definition) is 4. The molecule has 2 aliphatic rings. The van der Waals surface area contributed by atoms with Gasteiger partial charge >= 0.3 is 12.1 Å². The number of sulfonamides is 1. The van der Waals surface area contributed by atoms with Crippen molar-refractivity contribution in [2.75, 3.05) is 44.2 Å². The molecule has 5 rings (SSSR count). The molecule has 4 N–H and O–H groups in total. The van der Waals surface area contributed by atoms with Gasteiger partial charge in [0, 0.05) is 42.3 Å². The highest BCUT2D eigenvalue weighted by atomic mass is 32.2. The lowest BCUT2D eigenvalue weighted by molar-refractivity contribution is -0.177. The monoisotopic (exact) mass is 717 g/mol. The van der Waals surface area contributed by atoms with E-state index in [1.54, 1.807) is 30.3 Å². The van der Waals surface area contributed by atoms with E-state index in [0.29, 0.717) is 18.5 Å². The fraction of sp³-hybridized carbons (Fsp3) is 0.471. The predicted molar refractivity (Wildman–Crippen MR) is 185 cm³/mol. The topological polar surface area (TPSA) is 175 Å². The number of carbonyl (C=O) groups is 2. The number of para-hydroxylation sites is 1. The molecule has 1 aliphatic carbocycles. The van der Waals surface area contributed by atoms with Crippen molar-refractivity contribution in [2.45, 2.75) is 62.8 Å². The zero-order chi connectivity index (χ0) is 35.5. The molecule has 13 nitrogen and oxygen atoms in total. The third kappa shape index (κ3) is 7.28. The third-order valence-electron chi connectivity index (χ3n) is 8.85. The number of likely N-dealkylation sites (N-methyl/N-ethyl adjacent to an activating group) is 1. The second-order valence-corrected chi connectivity index (χ2v) is 15.6. The first-order valence-corrected chi connectivity index (χ1v) is 18.4. The van der Waals surface area contributed by atoms with E-state index in [1.807, 2.05) is 13.8 Å². The Hall–Kier alpha value is -3.73. The number of methoxy groups -OCH3 is 1. The molecule has 266 valence electrons. The van der Waals surface area contributed by atoms with Gasteiger partial charge in [0.25, 0.3) is 0 Å². The summed E-state index contributed by atoms with van der Waals surface area (Å²) in [7, 11) is -1.75. The van der Waals surface area contributed by atoms with Crippen molar-refractivity contribution in [2.24, 2.45) is 11.8 Å². The first-order valence-electron chi connectivity index (χ1n) is 16.2. The number of ether oxygens (including phenoxy) is 3. The number of fused-ring (bicyclic) bond motifs is 1. The number of benzene rings is 2. The van der Waals surface area contributed by atoms with Crippen molar-refractivity contribution in [3.63, 3.8) is 0 Å². The Bertz CT molecular complexity index is 1760. The van der Waals surface area contributed by atoms with E-state index in [2.05, 4.69) is 5.32 Å². The Labute approximate surface area is 290 Å². The summed E-state index contributed by atoms with van der Waals surface area (Å²) in [6.07, 6.45) is 0.983. The lowest BCUT2D eigenvalue weighted by atomic mass is 9.80. The first kappa shape index (κ1) is 36.5. The average Bonchev–Trinajstić information content (AvgIpc) is 3.49. The lowest BCUT2D eigenvalue weighted by Gasteiger charge is -2.47. The Balaban J connectivity index is 1.73. The number of carbonyl (C=O) groups excluding carboxylic acids is 1. The maximum Gasteiger partial charge on any atom is 0.411 e. The molecule has 1 amide bonds. The summed E-state index contributed by atoms with van der Waals surface area (Å²) in [4.78, 5) is 26.1.